The molecule has 2 N–H and O–H groups in total. The van der Waals surface area contributed by atoms with Gasteiger partial charge in [0.2, 0.25) is 5.56 Å². The number of fused-ring (bicyclic) bond motifs is 5. The molecule has 0 unspecified atom stereocenters. The van der Waals surface area contributed by atoms with E-state index in [-0.39, 0.29) is 5.56 Å². The SMILES string of the molecule is O=c1cc(Cl)c2c(ccc3[nH]c4c(c32)CCCC4)[nH]1. The van der Waals surface area contributed by atoms with E-state index in [0.29, 0.717) is 5.02 Å². The van der Waals surface area contributed by atoms with Crippen LogP contribution >= 0.6 is 11.6 Å². The molecule has 0 saturated carbocycles. The van der Waals surface area contributed by atoms with Crippen LogP contribution in [0.5, 0.6) is 0 Å². The fourth-order valence-electron chi connectivity index (χ4n) is 3.21. The molecular formula is C15H13ClN2O. The van der Waals surface area contributed by atoms with Crippen LogP contribution in [0.25, 0.3) is 21.8 Å². The molecule has 0 radical (unpaired) electrons. The standard InChI is InChI=1S/C15H13ClN2O/c16-9-7-13(19)18-12-6-5-11-14(15(9)12)8-3-1-2-4-10(8)17-11/h5-7,17H,1-4H2,(H,18,19). The number of aromatic amines is 2. The quantitative estimate of drug-likeness (QED) is 0.646. The van der Waals surface area contributed by atoms with E-state index in [1.807, 2.05) is 12.1 Å². The van der Waals surface area contributed by atoms with Gasteiger partial charge < -0.3 is 9.97 Å². The van der Waals surface area contributed by atoms with Gasteiger partial charge in [-0.25, -0.2) is 0 Å². The van der Waals surface area contributed by atoms with Gasteiger partial charge in [-0.05, 0) is 43.4 Å². The molecule has 1 aromatic carbocycles. The van der Waals surface area contributed by atoms with Gasteiger partial charge in [-0.2, -0.15) is 0 Å². The molecule has 96 valence electrons. The van der Waals surface area contributed by atoms with Crippen LogP contribution < -0.4 is 5.56 Å². The molecule has 0 aliphatic heterocycles. The number of nitrogens with one attached hydrogen (secondary N) is 2. The molecule has 0 fully saturated rings. The molecule has 0 spiro atoms. The van der Waals surface area contributed by atoms with Crippen molar-refractivity contribution < 1.29 is 0 Å². The maximum Gasteiger partial charge on any atom is 0.249 e. The minimum absolute atomic E-state index is 0.152. The topological polar surface area (TPSA) is 48.6 Å². The minimum atomic E-state index is -0.152. The van der Waals surface area contributed by atoms with Crippen LogP contribution in [0.3, 0.4) is 0 Å². The lowest BCUT2D eigenvalue weighted by atomic mass is 9.94. The van der Waals surface area contributed by atoms with Gasteiger partial charge in [-0.3, -0.25) is 4.79 Å². The Morgan fingerprint density at radius 3 is 2.58 bits per heavy atom. The van der Waals surface area contributed by atoms with Crippen molar-refractivity contribution >= 4 is 33.4 Å². The number of benzene rings is 1. The number of aryl methyl sites for hydroxylation is 2. The monoisotopic (exact) mass is 272 g/mol. The minimum Gasteiger partial charge on any atom is -0.358 e. The second-order valence-electron chi connectivity index (χ2n) is 5.18. The second-order valence-corrected chi connectivity index (χ2v) is 5.59. The number of H-pyrrole nitrogens is 2. The summed E-state index contributed by atoms with van der Waals surface area (Å²) in [4.78, 5) is 17.9. The van der Waals surface area contributed by atoms with E-state index < -0.39 is 0 Å². The highest BCUT2D eigenvalue weighted by molar-refractivity contribution is 6.37. The fraction of sp³-hybridized carbons (Fsp3) is 0.267. The highest BCUT2D eigenvalue weighted by Crippen LogP contribution is 2.36. The predicted octanol–water partition coefficient (Wildman–Crippen LogP) is 3.54. The zero-order valence-electron chi connectivity index (χ0n) is 10.3. The molecule has 1 aliphatic carbocycles. The average molecular weight is 273 g/mol. The van der Waals surface area contributed by atoms with Crippen LogP contribution in [0, 0.1) is 0 Å². The molecule has 4 rings (SSSR count). The van der Waals surface area contributed by atoms with Crippen LogP contribution in [-0.4, -0.2) is 9.97 Å². The lowest BCUT2D eigenvalue weighted by Gasteiger charge is -2.11. The first-order valence-corrected chi connectivity index (χ1v) is 6.97. The fourth-order valence-corrected chi connectivity index (χ4v) is 3.51. The lowest BCUT2D eigenvalue weighted by molar-refractivity contribution is 0.680. The highest BCUT2D eigenvalue weighted by Gasteiger charge is 2.18. The van der Waals surface area contributed by atoms with E-state index in [1.54, 1.807) is 0 Å². The van der Waals surface area contributed by atoms with Crippen LogP contribution in [-0.2, 0) is 12.8 Å². The first-order valence-electron chi connectivity index (χ1n) is 6.59. The summed E-state index contributed by atoms with van der Waals surface area (Å²) in [6.45, 7) is 0. The molecular weight excluding hydrogens is 260 g/mol. The Kier molecular flexibility index (Phi) is 2.27. The molecule has 0 amide bonds. The van der Waals surface area contributed by atoms with Gasteiger partial charge in [0.15, 0.2) is 0 Å². The Balaban J connectivity index is 2.24. The Morgan fingerprint density at radius 1 is 1.00 bits per heavy atom. The molecule has 1 aliphatic rings. The van der Waals surface area contributed by atoms with E-state index in [9.17, 15) is 4.79 Å². The molecule has 19 heavy (non-hydrogen) atoms. The number of pyridine rings is 1. The molecule has 0 saturated heterocycles. The van der Waals surface area contributed by atoms with Gasteiger partial charge in [-0.15, -0.1) is 0 Å². The Bertz CT molecular complexity index is 860. The van der Waals surface area contributed by atoms with Crippen LogP contribution in [0.2, 0.25) is 5.02 Å². The third-order valence-corrected chi connectivity index (χ3v) is 4.31. The Morgan fingerprint density at radius 2 is 1.74 bits per heavy atom. The van der Waals surface area contributed by atoms with Crippen molar-refractivity contribution in [2.75, 3.05) is 0 Å². The molecule has 0 atom stereocenters. The smallest absolute Gasteiger partial charge is 0.249 e. The molecule has 2 aromatic heterocycles. The molecule has 4 heteroatoms. The van der Waals surface area contributed by atoms with Gasteiger partial charge >= 0.3 is 0 Å². The van der Waals surface area contributed by atoms with Crippen molar-refractivity contribution in [2.24, 2.45) is 0 Å². The Labute approximate surface area is 114 Å². The third kappa shape index (κ3) is 1.55. The summed E-state index contributed by atoms with van der Waals surface area (Å²) in [7, 11) is 0. The van der Waals surface area contributed by atoms with Crippen molar-refractivity contribution in [1.82, 2.24) is 9.97 Å². The molecule has 3 nitrogen and oxygen atoms in total. The molecule has 3 aromatic rings. The van der Waals surface area contributed by atoms with E-state index in [4.69, 9.17) is 11.6 Å². The summed E-state index contributed by atoms with van der Waals surface area (Å²) in [6.07, 6.45) is 4.65. The van der Waals surface area contributed by atoms with Crippen molar-refractivity contribution in [3.63, 3.8) is 0 Å². The molecule has 2 heterocycles. The summed E-state index contributed by atoms with van der Waals surface area (Å²) < 4.78 is 0. The van der Waals surface area contributed by atoms with E-state index in [0.717, 1.165) is 29.3 Å². The van der Waals surface area contributed by atoms with Crippen molar-refractivity contribution in [3.8, 4) is 0 Å². The van der Waals surface area contributed by atoms with Gasteiger partial charge in [0, 0.05) is 28.0 Å². The zero-order valence-corrected chi connectivity index (χ0v) is 11.1. The van der Waals surface area contributed by atoms with Crippen molar-refractivity contribution in [3.05, 3.63) is 44.8 Å². The number of rotatable bonds is 0. The third-order valence-electron chi connectivity index (χ3n) is 4.02. The number of halogens is 1. The first kappa shape index (κ1) is 11.1. The summed E-state index contributed by atoms with van der Waals surface area (Å²) in [6, 6.07) is 5.42. The Hall–Kier alpha value is -1.74. The largest absolute Gasteiger partial charge is 0.358 e. The van der Waals surface area contributed by atoms with Gasteiger partial charge in [-0.1, -0.05) is 11.6 Å². The first-order chi connectivity index (χ1) is 9.24. The summed E-state index contributed by atoms with van der Waals surface area (Å²) >= 11 is 6.31. The van der Waals surface area contributed by atoms with Gasteiger partial charge in [0.1, 0.15) is 0 Å². The summed E-state index contributed by atoms with van der Waals surface area (Å²) in [5, 5.41) is 2.70. The zero-order chi connectivity index (χ0) is 13.0. The van der Waals surface area contributed by atoms with E-state index in [1.165, 1.54) is 35.6 Å². The van der Waals surface area contributed by atoms with Gasteiger partial charge in [0.25, 0.3) is 0 Å². The number of hydrogen-bond acceptors (Lipinski definition) is 1. The van der Waals surface area contributed by atoms with Gasteiger partial charge in [0.05, 0.1) is 10.5 Å². The van der Waals surface area contributed by atoms with E-state index in [2.05, 4.69) is 9.97 Å². The van der Waals surface area contributed by atoms with Crippen LogP contribution in [0.15, 0.2) is 23.0 Å². The predicted molar refractivity (Wildman–Crippen MR) is 78.1 cm³/mol. The summed E-state index contributed by atoms with van der Waals surface area (Å²) in [5.41, 5.74) is 4.49. The van der Waals surface area contributed by atoms with Crippen LogP contribution in [0.4, 0.5) is 0 Å². The average Bonchev–Trinajstić information content (AvgIpc) is 2.76. The molecule has 0 bridgehead atoms. The van der Waals surface area contributed by atoms with Crippen molar-refractivity contribution in [1.29, 1.82) is 0 Å². The second kappa shape index (κ2) is 3.87. The lowest BCUT2D eigenvalue weighted by Crippen LogP contribution is -2.04. The number of aromatic nitrogens is 2. The van der Waals surface area contributed by atoms with E-state index >= 15 is 0 Å². The summed E-state index contributed by atoms with van der Waals surface area (Å²) in [5.74, 6) is 0. The maximum absolute atomic E-state index is 11.5. The number of hydrogen-bond donors (Lipinski definition) is 2. The maximum atomic E-state index is 11.5. The highest BCUT2D eigenvalue weighted by atomic mass is 35.5. The van der Waals surface area contributed by atoms with Crippen LogP contribution in [0.1, 0.15) is 24.1 Å². The normalized spacial score (nSPS) is 15.0. The van der Waals surface area contributed by atoms with Crippen molar-refractivity contribution in [2.45, 2.75) is 25.7 Å².